The van der Waals surface area contributed by atoms with E-state index >= 15 is 0 Å². The zero-order valence-electron chi connectivity index (χ0n) is 23.1. The second-order valence-electron chi connectivity index (χ2n) is 10.1. The van der Waals surface area contributed by atoms with E-state index in [2.05, 4.69) is 10.3 Å². The van der Waals surface area contributed by atoms with E-state index < -0.39 is 17.1 Å². The number of nitrogens with zero attached hydrogens (tertiary/aromatic N) is 1. The Bertz CT molecular complexity index is 1770. The van der Waals surface area contributed by atoms with E-state index in [1.54, 1.807) is 54.6 Å². The van der Waals surface area contributed by atoms with Gasteiger partial charge in [-0.1, -0.05) is 58.5 Å². The summed E-state index contributed by atoms with van der Waals surface area (Å²) in [6, 6.07) is 19.2. The SMILES string of the molecule is CCOc1cc([C@@H]2c3sc(=O)[nH]c3S[C@H]3C(=O)N(c4ccc(C)cc4)C(=O)[C@@H]23)ccc1OCC(=O)Nc1ccc(Cl)cc1. The molecule has 6 rings (SSSR count). The molecule has 0 saturated carbocycles. The molecule has 1 aromatic heterocycles. The number of hydrogen-bond donors (Lipinski definition) is 2. The van der Waals surface area contributed by atoms with Crippen LogP contribution in [0, 0.1) is 12.8 Å². The highest BCUT2D eigenvalue weighted by molar-refractivity contribution is 8.00. The lowest BCUT2D eigenvalue weighted by molar-refractivity contribution is -0.122. The van der Waals surface area contributed by atoms with Gasteiger partial charge in [0.05, 0.1) is 23.2 Å². The van der Waals surface area contributed by atoms with Crippen LogP contribution < -0.4 is 24.6 Å². The average Bonchev–Trinajstić information content (AvgIpc) is 3.48. The van der Waals surface area contributed by atoms with E-state index in [0.29, 0.717) is 50.0 Å². The number of carbonyl (C=O) groups excluding carboxylic acids is 3. The molecule has 0 aliphatic carbocycles. The van der Waals surface area contributed by atoms with Crippen molar-refractivity contribution in [1.29, 1.82) is 0 Å². The Hall–Kier alpha value is -4.06. The van der Waals surface area contributed by atoms with E-state index in [1.165, 1.54) is 16.7 Å². The molecule has 0 bridgehead atoms. The number of benzene rings is 3. The van der Waals surface area contributed by atoms with Gasteiger partial charge in [0.1, 0.15) is 5.25 Å². The average molecular weight is 636 g/mol. The maximum absolute atomic E-state index is 14.0. The van der Waals surface area contributed by atoms with Gasteiger partial charge >= 0.3 is 4.87 Å². The molecule has 0 radical (unpaired) electrons. The molecule has 2 aliphatic rings. The lowest BCUT2D eigenvalue weighted by Gasteiger charge is -2.30. The smallest absolute Gasteiger partial charge is 0.305 e. The molecule has 1 fully saturated rings. The van der Waals surface area contributed by atoms with E-state index in [9.17, 15) is 19.2 Å². The summed E-state index contributed by atoms with van der Waals surface area (Å²) in [6.45, 7) is 3.82. The number of aromatic nitrogens is 1. The number of fused-ring (bicyclic) bond motifs is 2. The monoisotopic (exact) mass is 635 g/mol. The number of aromatic amines is 1. The van der Waals surface area contributed by atoms with Crippen molar-refractivity contribution in [1.82, 2.24) is 4.98 Å². The van der Waals surface area contributed by atoms with Gasteiger partial charge in [0.15, 0.2) is 18.1 Å². The zero-order chi connectivity index (χ0) is 30.2. The Labute approximate surface area is 260 Å². The third-order valence-corrected chi connectivity index (χ3v) is 9.88. The summed E-state index contributed by atoms with van der Waals surface area (Å²) in [7, 11) is 0. The third-order valence-electron chi connectivity index (χ3n) is 7.23. The Morgan fingerprint density at radius 3 is 2.44 bits per heavy atom. The summed E-state index contributed by atoms with van der Waals surface area (Å²) in [6.07, 6.45) is 0. The Morgan fingerprint density at radius 2 is 1.72 bits per heavy atom. The van der Waals surface area contributed by atoms with Crippen LogP contribution in [0.5, 0.6) is 11.5 Å². The molecule has 3 heterocycles. The fraction of sp³-hybridized carbons (Fsp3) is 0.226. The number of thioether (sulfide) groups is 1. The Morgan fingerprint density at radius 1 is 0.977 bits per heavy atom. The first-order valence-corrected chi connectivity index (χ1v) is 15.6. The summed E-state index contributed by atoms with van der Waals surface area (Å²) in [4.78, 5) is 57.1. The highest BCUT2D eigenvalue weighted by Gasteiger charge is 2.56. The van der Waals surface area contributed by atoms with Crippen molar-refractivity contribution in [2.45, 2.75) is 30.0 Å². The Kier molecular flexibility index (Phi) is 8.04. The van der Waals surface area contributed by atoms with Crippen LogP contribution in [0.25, 0.3) is 0 Å². The predicted molar refractivity (Wildman–Crippen MR) is 167 cm³/mol. The summed E-state index contributed by atoms with van der Waals surface area (Å²) in [5.74, 6) is -1.58. The highest BCUT2D eigenvalue weighted by atomic mass is 35.5. The molecule has 3 amide bonds. The number of H-pyrrole nitrogens is 1. The van der Waals surface area contributed by atoms with Crippen molar-refractivity contribution in [2.75, 3.05) is 23.4 Å². The van der Waals surface area contributed by atoms with Crippen LogP contribution in [-0.4, -0.2) is 41.2 Å². The third kappa shape index (κ3) is 5.67. The molecule has 9 nitrogen and oxygen atoms in total. The molecule has 2 N–H and O–H groups in total. The van der Waals surface area contributed by atoms with Gasteiger partial charge in [0.25, 0.3) is 5.91 Å². The van der Waals surface area contributed by atoms with Gasteiger partial charge in [-0.2, -0.15) is 0 Å². The number of halogens is 1. The summed E-state index contributed by atoms with van der Waals surface area (Å²) >= 11 is 8.18. The zero-order valence-corrected chi connectivity index (χ0v) is 25.5. The van der Waals surface area contributed by atoms with Crippen molar-refractivity contribution < 1.29 is 23.9 Å². The van der Waals surface area contributed by atoms with Gasteiger partial charge in [0.2, 0.25) is 11.8 Å². The van der Waals surface area contributed by atoms with Crippen LogP contribution in [0.15, 0.2) is 76.6 Å². The van der Waals surface area contributed by atoms with E-state index in [0.717, 1.165) is 16.9 Å². The molecule has 0 spiro atoms. The number of anilines is 2. The first-order chi connectivity index (χ1) is 20.7. The molecular weight excluding hydrogens is 610 g/mol. The molecule has 4 aromatic rings. The van der Waals surface area contributed by atoms with Gasteiger partial charge < -0.3 is 19.8 Å². The summed E-state index contributed by atoms with van der Waals surface area (Å²) in [5, 5.41) is 3.19. The van der Waals surface area contributed by atoms with Crippen LogP contribution in [0.3, 0.4) is 0 Å². The van der Waals surface area contributed by atoms with Crippen LogP contribution in [0.2, 0.25) is 5.02 Å². The van der Waals surface area contributed by atoms with Gasteiger partial charge in [-0.05, 0) is 67.9 Å². The maximum Gasteiger partial charge on any atom is 0.305 e. The lowest BCUT2D eigenvalue weighted by atomic mass is 9.83. The Balaban J connectivity index is 1.31. The molecule has 1 saturated heterocycles. The molecule has 2 aliphatic heterocycles. The normalized spacial score (nSPS) is 19.1. The topological polar surface area (TPSA) is 118 Å². The second-order valence-corrected chi connectivity index (χ2v) is 12.7. The molecule has 220 valence electrons. The summed E-state index contributed by atoms with van der Waals surface area (Å²) in [5.41, 5.74) is 2.81. The van der Waals surface area contributed by atoms with E-state index in [4.69, 9.17) is 21.1 Å². The fourth-order valence-corrected chi connectivity index (χ4v) is 7.94. The molecule has 12 heteroatoms. The van der Waals surface area contributed by atoms with E-state index in [1.807, 2.05) is 26.0 Å². The van der Waals surface area contributed by atoms with E-state index in [-0.39, 0.29) is 29.2 Å². The van der Waals surface area contributed by atoms with Gasteiger partial charge in [0, 0.05) is 21.5 Å². The number of nitrogens with one attached hydrogen (secondary N) is 2. The predicted octanol–water partition coefficient (Wildman–Crippen LogP) is 5.61. The number of imide groups is 1. The second kappa shape index (κ2) is 11.9. The quantitative estimate of drug-likeness (QED) is 0.242. The number of ether oxygens (including phenoxy) is 2. The number of hydrogen-bond acceptors (Lipinski definition) is 8. The lowest BCUT2D eigenvalue weighted by Crippen LogP contribution is -2.32. The van der Waals surface area contributed by atoms with Crippen LogP contribution in [0.1, 0.15) is 28.8 Å². The number of carbonyl (C=O) groups is 3. The largest absolute Gasteiger partial charge is 0.490 e. The first kappa shape index (κ1) is 29.0. The van der Waals surface area contributed by atoms with Gasteiger partial charge in [-0.3, -0.25) is 19.2 Å². The maximum atomic E-state index is 14.0. The molecule has 0 unspecified atom stereocenters. The minimum atomic E-state index is -0.732. The minimum Gasteiger partial charge on any atom is -0.490 e. The number of amides is 3. The molecule has 43 heavy (non-hydrogen) atoms. The number of rotatable bonds is 8. The molecule has 3 aromatic carbocycles. The molecule has 3 atom stereocenters. The fourth-order valence-electron chi connectivity index (χ4n) is 5.30. The van der Waals surface area contributed by atoms with Crippen molar-refractivity contribution in [2.24, 2.45) is 5.92 Å². The van der Waals surface area contributed by atoms with Crippen molar-refractivity contribution >= 4 is 63.8 Å². The van der Waals surface area contributed by atoms with Crippen molar-refractivity contribution in [3.8, 4) is 11.5 Å². The minimum absolute atomic E-state index is 0.255. The van der Waals surface area contributed by atoms with Gasteiger partial charge in [-0.25, -0.2) is 4.90 Å². The van der Waals surface area contributed by atoms with Crippen LogP contribution in [0.4, 0.5) is 11.4 Å². The highest BCUT2D eigenvalue weighted by Crippen LogP contribution is 2.53. The number of aryl methyl sites for hydroxylation is 1. The molecular formula is C31H26ClN3O6S2. The van der Waals surface area contributed by atoms with Crippen molar-refractivity contribution in [3.05, 3.63) is 97.4 Å². The van der Waals surface area contributed by atoms with Crippen molar-refractivity contribution in [3.63, 3.8) is 0 Å². The first-order valence-electron chi connectivity index (χ1n) is 13.5. The number of thiazole rings is 1. The van der Waals surface area contributed by atoms with Gasteiger partial charge in [-0.15, -0.1) is 0 Å². The van der Waals surface area contributed by atoms with Crippen LogP contribution >= 0.6 is 34.7 Å². The summed E-state index contributed by atoms with van der Waals surface area (Å²) < 4.78 is 11.7. The van der Waals surface area contributed by atoms with Crippen LogP contribution in [-0.2, 0) is 14.4 Å². The standard InChI is InChI=1S/C31H26ClN3O6S2/c1-3-40-22-14-17(6-13-21(22)41-15-23(36)33-19-9-7-18(32)8-10-19)24-25-27(42-28-26(24)43-31(39)34-28)30(38)35(29(25)37)20-11-4-16(2)5-12-20/h4-14,24-25,27H,3,15H2,1-2H3,(H,33,36)(H,34,39)/t24-,25-,27+/m0/s1.